The van der Waals surface area contributed by atoms with E-state index in [1.54, 1.807) is 0 Å². The third-order valence-electron chi connectivity index (χ3n) is 13.8. The summed E-state index contributed by atoms with van der Waals surface area (Å²) in [6.07, 6.45) is 5.63. The van der Waals surface area contributed by atoms with Crippen LogP contribution >= 0.6 is 0 Å². The summed E-state index contributed by atoms with van der Waals surface area (Å²) in [6.45, 7) is 51.9. The maximum Gasteiger partial charge on any atom is 0.0215 e. The van der Waals surface area contributed by atoms with Gasteiger partial charge in [0, 0.05) is 16.7 Å². The zero-order valence-corrected chi connectivity index (χ0v) is 32.3. The molecular formula is C47H62. The van der Waals surface area contributed by atoms with Crippen LogP contribution in [0.4, 0.5) is 0 Å². The molecule has 0 radical (unpaired) electrons. The van der Waals surface area contributed by atoms with Gasteiger partial charge in [-0.1, -0.05) is 167 Å². The Balaban J connectivity index is 1.68. The fourth-order valence-corrected chi connectivity index (χ4v) is 10.2. The van der Waals surface area contributed by atoms with Gasteiger partial charge in [-0.2, -0.15) is 0 Å². The predicted molar refractivity (Wildman–Crippen MR) is 209 cm³/mol. The molecule has 0 heterocycles. The van der Waals surface area contributed by atoms with E-state index < -0.39 is 0 Å². The van der Waals surface area contributed by atoms with Crippen LogP contribution in [-0.2, 0) is 10.8 Å². The Morgan fingerprint density at radius 2 is 1.40 bits per heavy atom. The van der Waals surface area contributed by atoms with E-state index in [9.17, 15) is 0 Å². The summed E-state index contributed by atoms with van der Waals surface area (Å²) >= 11 is 0. The normalized spacial score (nSPS) is 31.2. The molecule has 5 rings (SSSR count). The lowest BCUT2D eigenvalue weighted by Gasteiger charge is -2.68. The van der Waals surface area contributed by atoms with Crippen molar-refractivity contribution >= 4 is 17.7 Å². The largest absolute Gasteiger partial charge is 0.0992 e. The molecule has 0 amide bonds. The number of hydrogen-bond donors (Lipinski definition) is 0. The Kier molecular flexibility index (Phi) is 8.20. The second kappa shape index (κ2) is 10.9. The third kappa shape index (κ3) is 4.90. The van der Waals surface area contributed by atoms with Crippen molar-refractivity contribution in [2.45, 2.75) is 120 Å². The smallest absolute Gasteiger partial charge is 0.0215 e. The molecule has 0 aliphatic heterocycles. The van der Waals surface area contributed by atoms with Crippen molar-refractivity contribution in [2.75, 3.05) is 0 Å². The summed E-state index contributed by atoms with van der Waals surface area (Å²) in [4.78, 5) is 0. The number of allylic oxidation sites excluding steroid dienone is 6. The topological polar surface area (TPSA) is 0 Å². The summed E-state index contributed by atoms with van der Waals surface area (Å²) < 4.78 is 0. The van der Waals surface area contributed by atoms with E-state index in [-0.39, 0.29) is 33.0 Å². The van der Waals surface area contributed by atoms with E-state index in [0.717, 1.165) is 12.0 Å². The molecule has 47 heavy (non-hydrogen) atoms. The second-order valence-electron chi connectivity index (χ2n) is 18.3. The Bertz CT molecular complexity index is 1750. The van der Waals surface area contributed by atoms with Crippen LogP contribution in [0.3, 0.4) is 0 Å². The Labute approximate surface area is 288 Å². The molecule has 0 aromatic heterocycles. The van der Waals surface area contributed by atoms with Gasteiger partial charge in [0.15, 0.2) is 0 Å². The zero-order chi connectivity index (χ0) is 35.4. The van der Waals surface area contributed by atoms with Gasteiger partial charge in [0.25, 0.3) is 0 Å². The molecule has 250 valence electrons. The van der Waals surface area contributed by atoms with Crippen LogP contribution in [0.1, 0.15) is 141 Å². The van der Waals surface area contributed by atoms with Crippen molar-refractivity contribution in [3.8, 4) is 0 Å². The highest BCUT2D eigenvalue weighted by Gasteiger charge is 2.65. The molecule has 0 saturated heterocycles. The molecular weight excluding hydrogens is 565 g/mol. The van der Waals surface area contributed by atoms with Gasteiger partial charge in [0.2, 0.25) is 0 Å². The van der Waals surface area contributed by atoms with Crippen LogP contribution in [-0.4, -0.2) is 0 Å². The van der Waals surface area contributed by atoms with Crippen LogP contribution in [0, 0.1) is 35.0 Å². The van der Waals surface area contributed by atoms with Gasteiger partial charge in [-0.3, -0.25) is 0 Å². The molecule has 0 bridgehead atoms. The standard InChI is InChI=1S/C47H62/c1-27(2)40-28(3)26-45(16)34(9)46(17)31(6)39-22-21-36(29(4)41(39)30(5)42(46)33(8)47(45,18)32(40)7)20-19-35-23-37(43(10,11)12)25-38(24-35)44(13,14)15/h19-25,31,34,40H,1,3,5,7,26H2,2,4,6,8-18H3/b20-19+/t31-,34+,40?,45+,46-,47-/m1/s1. The minimum absolute atomic E-state index is 0.00723. The van der Waals surface area contributed by atoms with Crippen LogP contribution in [0.5, 0.6) is 0 Å². The highest BCUT2D eigenvalue weighted by Crippen LogP contribution is 2.75. The van der Waals surface area contributed by atoms with Crippen LogP contribution in [0.25, 0.3) is 17.7 Å². The molecule has 0 nitrogen and oxygen atoms in total. The highest BCUT2D eigenvalue weighted by atomic mass is 14.7. The summed E-state index contributed by atoms with van der Waals surface area (Å²) in [5.74, 6) is 0.889. The first-order chi connectivity index (χ1) is 21.4. The molecule has 0 spiro atoms. The summed E-state index contributed by atoms with van der Waals surface area (Å²) in [7, 11) is 0. The Hall–Kier alpha value is -3.12. The molecule has 0 heteroatoms. The Morgan fingerprint density at radius 3 is 1.91 bits per heavy atom. The Morgan fingerprint density at radius 1 is 0.851 bits per heavy atom. The summed E-state index contributed by atoms with van der Waals surface area (Å²) in [6, 6.07) is 11.9. The quantitative estimate of drug-likeness (QED) is 0.235. The molecule has 1 saturated carbocycles. The van der Waals surface area contributed by atoms with Gasteiger partial charge in [0.1, 0.15) is 0 Å². The molecule has 2 aromatic rings. The van der Waals surface area contributed by atoms with Gasteiger partial charge in [0.05, 0.1) is 0 Å². The van der Waals surface area contributed by atoms with Crippen molar-refractivity contribution < 1.29 is 0 Å². The van der Waals surface area contributed by atoms with Crippen LogP contribution in [0.2, 0.25) is 0 Å². The molecule has 3 aliphatic rings. The monoisotopic (exact) mass is 626 g/mol. The minimum atomic E-state index is -0.180. The highest BCUT2D eigenvalue weighted by molar-refractivity contribution is 5.89. The van der Waals surface area contributed by atoms with E-state index in [1.807, 2.05) is 0 Å². The number of benzene rings is 2. The van der Waals surface area contributed by atoms with Crippen LogP contribution < -0.4 is 0 Å². The van der Waals surface area contributed by atoms with Crippen molar-refractivity contribution in [3.63, 3.8) is 0 Å². The maximum atomic E-state index is 4.94. The maximum absolute atomic E-state index is 4.94. The molecule has 0 N–H and O–H groups in total. The number of rotatable bonds is 3. The summed E-state index contributed by atoms with van der Waals surface area (Å²) in [5, 5.41) is 0. The van der Waals surface area contributed by atoms with Crippen molar-refractivity contribution in [1.29, 1.82) is 0 Å². The van der Waals surface area contributed by atoms with E-state index >= 15 is 0 Å². The lowest BCUT2D eigenvalue weighted by molar-refractivity contribution is -0.0360. The minimum Gasteiger partial charge on any atom is -0.0992 e. The van der Waals surface area contributed by atoms with Crippen molar-refractivity contribution in [2.24, 2.45) is 28.1 Å². The van der Waals surface area contributed by atoms with E-state index in [1.165, 1.54) is 66.8 Å². The lowest BCUT2D eigenvalue weighted by Crippen LogP contribution is -2.59. The first kappa shape index (κ1) is 35.2. The molecule has 3 aliphatic carbocycles. The molecule has 1 fully saturated rings. The van der Waals surface area contributed by atoms with Gasteiger partial charge >= 0.3 is 0 Å². The zero-order valence-electron chi connectivity index (χ0n) is 32.3. The summed E-state index contributed by atoms with van der Waals surface area (Å²) in [5.41, 5.74) is 17.1. The van der Waals surface area contributed by atoms with E-state index in [4.69, 9.17) is 13.2 Å². The fourth-order valence-electron chi connectivity index (χ4n) is 10.2. The average molecular weight is 627 g/mol. The first-order valence-electron chi connectivity index (χ1n) is 17.9. The van der Waals surface area contributed by atoms with E-state index in [2.05, 4.69) is 153 Å². The molecule has 2 aromatic carbocycles. The predicted octanol–water partition coefficient (Wildman–Crippen LogP) is 13.6. The fraction of sp³-hybridized carbons (Fsp3) is 0.489. The lowest BCUT2D eigenvalue weighted by atomic mass is 9.36. The third-order valence-corrected chi connectivity index (χ3v) is 13.8. The van der Waals surface area contributed by atoms with Gasteiger partial charge in [-0.05, 0) is 105 Å². The van der Waals surface area contributed by atoms with Crippen molar-refractivity contribution in [3.05, 3.63) is 123 Å². The molecule has 1 unspecified atom stereocenters. The van der Waals surface area contributed by atoms with Crippen LogP contribution in [0.15, 0.2) is 84.5 Å². The van der Waals surface area contributed by atoms with E-state index in [0.29, 0.717) is 11.8 Å². The van der Waals surface area contributed by atoms with Gasteiger partial charge < -0.3 is 0 Å². The van der Waals surface area contributed by atoms with Gasteiger partial charge in [-0.15, -0.1) is 0 Å². The average Bonchev–Trinajstić information content (AvgIpc) is 2.95. The molecule has 6 atom stereocenters. The van der Waals surface area contributed by atoms with Crippen molar-refractivity contribution in [1.82, 2.24) is 0 Å². The second-order valence-corrected chi connectivity index (χ2v) is 18.3. The SMILES string of the molecule is C=C1C2=C(C)[C@@]3(C)C(=C)C(C(=C)C)C(=C)C[C@@]3(C)[C@H](C)[C@@]2(C)[C@H](C)c2ccc(/C=C/c3cc(C(C)(C)C)cc(C(C)(C)C)c3)c(C)c21. The number of hydrogen-bond acceptors (Lipinski definition) is 0. The van der Waals surface area contributed by atoms with Gasteiger partial charge in [-0.25, -0.2) is 0 Å². The number of fused-ring (bicyclic) bond motifs is 3. The first-order valence-corrected chi connectivity index (χ1v) is 17.9.